The molecule has 2 unspecified atom stereocenters. The fourth-order valence-electron chi connectivity index (χ4n) is 2.00. The Hall–Kier alpha value is -1.99. The number of nitrogens with zero attached hydrogens (tertiary/aromatic N) is 4. The highest BCUT2D eigenvalue weighted by molar-refractivity contribution is 7.13. The third-order valence-corrected chi connectivity index (χ3v) is 4.32. The van der Waals surface area contributed by atoms with E-state index in [1.165, 1.54) is 0 Å². The van der Waals surface area contributed by atoms with Crippen LogP contribution in [-0.2, 0) is 6.54 Å². The summed E-state index contributed by atoms with van der Waals surface area (Å²) in [7, 11) is 0. The average Bonchev–Trinajstić information content (AvgIpc) is 3.25. The van der Waals surface area contributed by atoms with E-state index in [0.29, 0.717) is 18.3 Å². The Morgan fingerprint density at radius 1 is 1.38 bits per heavy atom. The molecular weight excluding hydrogens is 286 g/mol. The molecule has 0 aromatic carbocycles. The maximum absolute atomic E-state index is 5.27. The Morgan fingerprint density at radius 2 is 2.29 bits per heavy atom. The molecule has 0 fully saturated rings. The third kappa shape index (κ3) is 3.20. The standard InChI is InChI=1S/C14H17N5OS/c1-10(11(2)19-7-4-6-16-19)15-9-13-17-14(18-20-13)12-5-3-8-21-12/h3-8,10-11,15H,9H2,1-2H3. The molecule has 110 valence electrons. The number of hydrogen-bond donors (Lipinski definition) is 1. The lowest BCUT2D eigenvalue weighted by Crippen LogP contribution is -2.33. The van der Waals surface area contributed by atoms with Gasteiger partial charge in [0.05, 0.1) is 17.5 Å². The quantitative estimate of drug-likeness (QED) is 0.758. The number of aromatic nitrogens is 4. The molecule has 0 aliphatic rings. The lowest BCUT2D eigenvalue weighted by Gasteiger charge is -2.20. The van der Waals surface area contributed by atoms with Crippen LogP contribution < -0.4 is 5.32 Å². The van der Waals surface area contributed by atoms with Crippen LogP contribution in [0.15, 0.2) is 40.5 Å². The molecule has 0 bridgehead atoms. The van der Waals surface area contributed by atoms with Crippen molar-refractivity contribution >= 4 is 11.3 Å². The van der Waals surface area contributed by atoms with Gasteiger partial charge >= 0.3 is 0 Å². The molecule has 0 saturated carbocycles. The summed E-state index contributed by atoms with van der Waals surface area (Å²) in [4.78, 5) is 5.41. The average molecular weight is 303 g/mol. The van der Waals surface area contributed by atoms with Crippen molar-refractivity contribution in [2.24, 2.45) is 0 Å². The second kappa shape index (κ2) is 6.19. The van der Waals surface area contributed by atoms with Crippen molar-refractivity contribution in [3.63, 3.8) is 0 Å². The second-order valence-electron chi connectivity index (χ2n) is 4.89. The van der Waals surface area contributed by atoms with Crippen molar-refractivity contribution in [2.75, 3.05) is 0 Å². The van der Waals surface area contributed by atoms with E-state index in [2.05, 4.69) is 34.4 Å². The topological polar surface area (TPSA) is 68.8 Å². The second-order valence-corrected chi connectivity index (χ2v) is 5.83. The van der Waals surface area contributed by atoms with Crippen LogP contribution in [0.4, 0.5) is 0 Å². The molecule has 3 heterocycles. The first-order valence-electron chi connectivity index (χ1n) is 6.83. The van der Waals surface area contributed by atoms with Crippen LogP contribution in [0.5, 0.6) is 0 Å². The number of thiophene rings is 1. The summed E-state index contributed by atoms with van der Waals surface area (Å²) in [6.45, 7) is 4.78. The molecule has 2 atom stereocenters. The van der Waals surface area contributed by atoms with E-state index in [1.807, 2.05) is 34.5 Å². The summed E-state index contributed by atoms with van der Waals surface area (Å²) in [5.74, 6) is 1.24. The Labute approximate surface area is 126 Å². The zero-order valence-electron chi connectivity index (χ0n) is 11.9. The minimum atomic E-state index is 0.238. The molecule has 0 aliphatic carbocycles. The third-order valence-electron chi connectivity index (χ3n) is 3.45. The van der Waals surface area contributed by atoms with Gasteiger partial charge in [-0.1, -0.05) is 11.2 Å². The molecule has 3 aromatic rings. The molecule has 6 nitrogen and oxygen atoms in total. The van der Waals surface area contributed by atoms with Crippen molar-refractivity contribution in [1.82, 2.24) is 25.2 Å². The smallest absolute Gasteiger partial charge is 0.240 e. The van der Waals surface area contributed by atoms with E-state index in [-0.39, 0.29) is 12.1 Å². The maximum atomic E-state index is 5.27. The lowest BCUT2D eigenvalue weighted by atomic mass is 10.2. The number of rotatable bonds is 6. The van der Waals surface area contributed by atoms with Crippen LogP contribution in [0, 0.1) is 0 Å². The molecule has 0 radical (unpaired) electrons. The summed E-state index contributed by atoms with van der Waals surface area (Å²) in [6.07, 6.45) is 3.75. The van der Waals surface area contributed by atoms with Crippen molar-refractivity contribution in [1.29, 1.82) is 0 Å². The fraction of sp³-hybridized carbons (Fsp3) is 0.357. The molecule has 0 spiro atoms. The normalized spacial score (nSPS) is 14.2. The van der Waals surface area contributed by atoms with Gasteiger partial charge in [0.25, 0.3) is 0 Å². The van der Waals surface area contributed by atoms with E-state index < -0.39 is 0 Å². The Balaban J connectivity index is 1.58. The first kappa shape index (κ1) is 14.0. The van der Waals surface area contributed by atoms with Gasteiger partial charge in [-0.3, -0.25) is 4.68 Å². The first-order chi connectivity index (χ1) is 10.2. The minimum absolute atomic E-state index is 0.238. The zero-order valence-corrected chi connectivity index (χ0v) is 12.7. The largest absolute Gasteiger partial charge is 0.338 e. The van der Waals surface area contributed by atoms with Crippen LogP contribution in [0.25, 0.3) is 10.7 Å². The molecule has 0 aliphatic heterocycles. The van der Waals surface area contributed by atoms with E-state index in [0.717, 1.165) is 4.88 Å². The SMILES string of the molecule is CC(NCc1nc(-c2cccs2)no1)C(C)n1cccn1. The van der Waals surface area contributed by atoms with Crippen LogP contribution in [0.1, 0.15) is 25.8 Å². The van der Waals surface area contributed by atoms with Crippen LogP contribution in [0.2, 0.25) is 0 Å². The molecule has 3 aromatic heterocycles. The van der Waals surface area contributed by atoms with Crippen LogP contribution in [0.3, 0.4) is 0 Å². The zero-order chi connectivity index (χ0) is 14.7. The van der Waals surface area contributed by atoms with Crippen LogP contribution >= 0.6 is 11.3 Å². The van der Waals surface area contributed by atoms with Crippen LogP contribution in [-0.4, -0.2) is 26.0 Å². The van der Waals surface area contributed by atoms with Gasteiger partial charge in [0.2, 0.25) is 11.7 Å². The summed E-state index contributed by atoms with van der Waals surface area (Å²) in [5.41, 5.74) is 0. The van der Waals surface area contributed by atoms with Gasteiger partial charge < -0.3 is 9.84 Å². The fourth-order valence-corrected chi connectivity index (χ4v) is 2.65. The molecule has 1 N–H and O–H groups in total. The Kier molecular flexibility index (Phi) is 4.12. The highest BCUT2D eigenvalue weighted by Gasteiger charge is 2.15. The highest BCUT2D eigenvalue weighted by atomic mass is 32.1. The highest BCUT2D eigenvalue weighted by Crippen LogP contribution is 2.21. The van der Waals surface area contributed by atoms with E-state index in [9.17, 15) is 0 Å². The monoisotopic (exact) mass is 303 g/mol. The predicted octanol–water partition coefficient (Wildman–Crippen LogP) is 2.73. The predicted molar refractivity (Wildman–Crippen MR) is 80.9 cm³/mol. The van der Waals surface area contributed by atoms with E-state index in [4.69, 9.17) is 4.52 Å². The summed E-state index contributed by atoms with van der Waals surface area (Å²) >= 11 is 1.60. The molecule has 0 saturated heterocycles. The molecule has 0 amide bonds. The lowest BCUT2D eigenvalue weighted by molar-refractivity contribution is 0.325. The van der Waals surface area contributed by atoms with Gasteiger partial charge in [-0.25, -0.2) is 0 Å². The van der Waals surface area contributed by atoms with Gasteiger partial charge in [0.1, 0.15) is 0 Å². The first-order valence-corrected chi connectivity index (χ1v) is 7.71. The van der Waals surface area contributed by atoms with Crippen molar-refractivity contribution in [2.45, 2.75) is 32.5 Å². The Morgan fingerprint density at radius 3 is 3.00 bits per heavy atom. The number of nitrogens with one attached hydrogen (secondary N) is 1. The molecule has 3 rings (SSSR count). The summed E-state index contributed by atoms with van der Waals surface area (Å²) < 4.78 is 7.20. The molecule has 7 heteroatoms. The summed E-state index contributed by atoms with van der Waals surface area (Å²) in [6, 6.07) is 6.37. The van der Waals surface area contributed by atoms with Gasteiger partial charge in [0, 0.05) is 18.4 Å². The van der Waals surface area contributed by atoms with E-state index >= 15 is 0 Å². The number of hydrogen-bond acceptors (Lipinski definition) is 6. The molecular formula is C14H17N5OS. The molecule has 21 heavy (non-hydrogen) atoms. The van der Waals surface area contributed by atoms with Crippen molar-refractivity contribution in [3.05, 3.63) is 41.9 Å². The van der Waals surface area contributed by atoms with Crippen molar-refractivity contribution < 1.29 is 4.52 Å². The van der Waals surface area contributed by atoms with Gasteiger partial charge in [-0.15, -0.1) is 11.3 Å². The Bertz CT molecular complexity index is 661. The summed E-state index contributed by atoms with van der Waals surface area (Å²) in [5, 5.41) is 13.6. The van der Waals surface area contributed by atoms with Gasteiger partial charge in [-0.2, -0.15) is 10.1 Å². The van der Waals surface area contributed by atoms with Gasteiger partial charge in [0.15, 0.2) is 0 Å². The maximum Gasteiger partial charge on any atom is 0.240 e. The minimum Gasteiger partial charge on any atom is -0.338 e. The van der Waals surface area contributed by atoms with Crippen molar-refractivity contribution in [3.8, 4) is 10.7 Å². The van der Waals surface area contributed by atoms with E-state index in [1.54, 1.807) is 17.5 Å². The van der Waals surface area contributed by atoms with Gasteiger partial charge in [-0.05, 0) is 31.4 Å².